The number of hydrogen-bond acceptors (Lipinski definition) is 5. The van der Waals surface area contributed by atoms with E-state index in [9.17, 15) is 4.79 Å². The van der Waals surface area contributed by atoms with Gasteiger partial charge in [-0.2, -0.15) is 0 Å². The van der Waals surface area contributed by atoms with Crippen molar-refractivity contribution in [2.45, 2.75) is 95.2 Å². The van der Waals surface area contributed by atoms with Crippen LogP contribution in [-0.2, 0) is 5.41 Å². The van der Waals surface area contributed by atoms with E-state index in [4.69, 9.17) is 9.51 Å². The van der Waals surface area contributed by atoms with Crippen molar-refractivity contribution in [1.82, 2.24) is 24.5 Å². The van der Waals surface area contributed by atoms with E-state index in [0.29, 0.717) is 23.9 Å². The maximum atomic E-state index is 13.3. The van der Waals surface area contributed by atoms with Crippen LogP contribution >= 0.6 is 0 Å². The zero-order chi connectivity index (χ0) is 28.8. The Morgan fingerprint density at radius 3 is 2.36 bits per heavy atom. The quantitative estimate of drug-likeness (QED) is 0.244. The van der Waals surface area contributed by atoms with Crippen LogP contribution in [-0.4, -0.2) is 62.1 Å². The van der Waals surface area contributed by atoms with Gasteiger partial charge in [-0.3, -0.25) is 9.69 Å². The molecule has 4 aromatic rings. The van der Waals surface area contributed by atoms with Gasteiger partial charge in [-0.15, -0.1) is 0 Å². The molecule has 0 radical (unpaired) electrons. The molecule has 2 aromatic carbocycles. The summed E-state index contributed by atoms with van der Waals surface area (Å²) in [6.07, 6.45) is 8.07. The lowest BCUT2D eigenvalue weighted by atomic mass is 9.70. The van der Waals surface area contributed by atoms with Gasteiger partial charge in [0, 0.05) is 37.3 Å². The van der Waals surface area contributed by atoms with Crippen LogP contribution in [0.2, 0.25) is 0 Å². The smallest absolute Gasteiger partial charge is 0.292 e. The molecule has 0 aliphatic carbocycles. The zero-order valence-corrected chi connectivity index (χ0v) is 25.2. The van der Waals surface area contributed by atoms with Gasteiger partial charge in [-0.25, -0.2) is 4.98 Å². The van der Waals surface area contributed by atoms with Crippen LogP contribution < -0.4 is 0 Å². The number of likely N-dealkylation sites (tertiary alicyclic amines) is 1. The van der Waals surface area contributed by atoms with Crippen LogP contribution in [0.5, 0.6) is 0 Å². The number of imidazole rings is 1. The highest BCUT2D eigenvalue weighted by Crippen LogP contribution is 2.45. The average Bonchev–Trinajstić information content (AvgIpc) is 3.70. The van der Waals surface area contributed by atoms with Crippen molar-refractivity contribution in [3.63, 3.8) is 0 Å². The number of carbonyl (C=O) groups excluding carboxylic acids is 1. The summed E-state index contributed by atoms with van der Waals surface area (Å²) in [6.45, 7) is 8.91. The third-order valence-corrected chi connectivity index (χ3v) is 10.6. The van der Waals surface area contributed by atoms with E-state index >= 15 is 0 Å². The number of carbonyl (C=O) groups is 1. The number of piperidine rings is 2. The SMILES string of the molecule is Cc1nc2ccccc2n1C1CC2CCC(C1)N2CCC1(c2ccccc2)CCN(C(=O)c2cc(C(C)C)no2)CC1. The molecule has 7 nitrogen and oxygen atoms in total. The molecule has 2 aromatic heterocycles. The van der Waals surface area contributed by atoms with Crippen molar-refractivity contribution in [2.75, 3.05) is 19.6 Å². The number of aromatic nitrogens is 3. The van der Waals surface area contributed by atoms with Gasteiger partial charge in [0.05, 0.1) is 16.7 Å². The Kier molecular flexibility index (Phi) is 7.17. The van der Waals surface area contributed by atoms with E-state index < -0.39 is 0 Å². The molecule has 1 amide bonds. The first-order valence-corrected chi connectivity index (χ1v) is 15.9. The summed E-state index contributed by atoms with van der Waals surface area (Å²) in [7, 11) is 0. The number of para-hydroxylation sites is 2. The fraction of sp³-hybridized carbons (Fsp3) is 0.514. The summed E-state index contributed by atoms with van der Waals surface area (Å²) >= 11 is 0. The summed E-state index contributed by atoms with van der Waals surface area (Å²) in [5.74, 6) is 1.72. The van der Waals surface area contributed by atoms with Gasteiger partial charge in [0.25, 0.3) is 5.91 Å². The predicted octanol–water partition coefficient (Wildman–Crippen LogP) is 6.89. The van der Waals surface area contributed by atoms with Gasteiger partial charge in [0.2, 0.25) is 5.76 Å². The van der Waals surface area contributed by atoms with Crippen molar-refractivity contribution >= 4 is 16.9 Å². The number of rotatable bonds is 7. The van der Waals surface area contributed by atoms with Gasteiger partial charge in [-0.1, -0.05) is 61.5 Å². The summed E-state index contributed by atoms with van der Waals surface area (Å²) in [5.41, 5.74) is 4.73. The van der Waals surface area contributed by atoms with Crippen molar-refractivity contribution in [3.05, 3.63) is 83.5 Å². The van der Waals surface area contributed by atoms with Gasteiger partial charge in [0.1, 0.15) is 5.82 Å². The molecule has 3 aliphatic rings. The van der Waals surface area contributed by atoms with Crippen molar-refractivity contribution in [3.8, 4) is 0 Å². The van der Waals surface area contributed by atoms with E-state index in [1.54, 1.807) is 0 Å². The lowest BCUT2D eigenvalue weighted by Gasteiger charge is -2.45. The minimum Gasteiger partial charge on any atom is -0.351 e. The van der Waals surface area contributed by atoms with Crippen LogP contribution in [0.3, 0.4) is 0 Å². The highest BCUT2D eigenvalue weighted by atomic mass is 16.5. The molecule has 7 heteroatoms. The second-order valence-corrected chi connectivity index (χ2v) is 13.2. The maximum absolute atomic E-state index is 13.3. The fourth-order valence-corrected chi connectivity index (χ4v) is 8.22. The first-order chi connectivity index (χ1) is 20.4. The lowest BCUT2D eigenvalue weighted by Crippen LogP contribution is -2.49. The average molecular weight is 566 g/mol. The standard InChI is InChI=1S/C35H43N5O2/c1-24(2)31-23-33(42-37-31)34(41)38-18-15-35(16-19-38,26-9-5-4-6-10-26)17-20-39-27-13-14-28(39)22-29(21-27)40-25(3)36-30-11-7-8-12-32(30)40/h4-12,23-24,27-29H,13-22H2,1-3H3. The topological polar surface area (TPSA) is 67.4 Å². The lowest BCUT2D eigenvalue weighted by molar-refractivity contribution is 0.0572. The largest absolute Gasteiger partial charge is 0.351 e. The van der Waals surface area contributed by atoms with E-state index in [1.165, 1.54) is 36.8 Å². The summed E-state index contributed by atoms with van der Waals surface area (Å²) in [5, 5.41) is 4.12. The molecular formula is C35H43N5O2. The molecule has 3 fully saturated rings. The first-order valence-electron chi connectivity index (χ1n) is 15.9. The number of fused-ring (bicyclic) bond motifs is 3. The molecule has 3 aliphatic heterocycles. The highest BCUT2D eigenvalue weighted by molar-refractivity contribution is 5.91. The minimum atomic E-state index is -0.0292. The number of aryl methyl sites for hydroxylation is 1. The molecule has 2 unspecified atom stereocenters. The summed E-state index contributed by atoms with van der Waals surface area (Å²) < 4.78 is 7.97. The fourth-order valence-electron chi connectivity index (χ4n) is 8.22. The van der Waals surface area contributed by atoms with Crippen molar-refractivity contribution in [2.24, 2.45) is 0 Å². The number of amides is 1. The van der Waals surface area contributed by atoms with Gasteiger partial charge in [-0.05, 0) is 87.4 Å². The van der Waals surface area contributed by atoms with Gasteiger partial charge < -0.3 is 14.0 Å². The molecule has 0 saturated carbocycles. The van der Waals surface area contributed by atoms with Crippen molar-refractivity contribution in [1.29, 1.82) is 0 Å². The first kappa shape index (κ1) is 27.4. The van der Waals surface area contributed by atoms with Crippen LogP contribution in [0.25, 0.3) is 11.0 Å². The Balaban J connectivity index is 1.05. The van der Waals surface area contributed by atoms with E-state index in [2.05, 4.69) is 90.0 Å². The third kappa shape index (κ3) is 4.85. The molecule has 3 saturated heterocycles. The number of benzene rings is 2. The molecule has 42 heavy (non-hydrogen) atoms. The number of hydrogen-bond donors (Lipinski definition) is 0. The Morgan fingerprint density at radius 2 is 1.67 bits per heavy atom. The van der Waals surface area contributed by atoms with Crippen molar-refractivity contribution < 1.29 is 9.32 Å². The molecule has 7 rings (SSSR count). The van der Waals surface area contributed by atoms with Crippen LogP contribution in [0.15, 0.2) is 65.2 Å². The van der Waals surface area contributed by atoms with E-state index in [1.807, 2.05) is 11.0 Å². The molecular weight excluding hydrogens is 522 g/mol. The second kappa shape index (κ2) is 11.0. The Bertz CT molecular complexity index is 1530. The zero-order valence-electron chi connectivity index (χ0n) is 25.2. The van der Waals surface area contributed by atoms with Gasteiger partial charge >= 0.3 is 0 Å². The van der Waals surface area contributed by atoms with Crippen LogP contribution in [0.4, 0.5) is 0 Å². The normalized spacial score (nSPS) is 24.1. The van der Waals surface area contributed by atoms with Crippen LogP contribution in [0.1, 0.15) is 98.4 Å². The molecule has 0 spiro atoms. The Hall–Kier alpha value is -3.45. The maximum Gasteiger partial charge on any atom is 0.292 e. The van der Waals surface area contributed by atoms with E-state index in [0.717, 1.165) is 55.9 Å². The highest BCUT2D eigenvalue weighted by Gasteiger charge is 2.44. The summed E-state index contributed by atoms with van der Waals surface area (Å²) in [4.78, 5) is 23.0. The second-order valence-electron chi connectivity index (χ2n) is 13.2. The van der Waals surface area contributed by atoms with Crippen LogP contribution in [0, 0.1) is 6.92 Å². The Labute approximate surface area is 248 Å². The monoisotopic (exact) mass is 565 g/mol. The molecule has 220 valence electrons. The third-order valence-electron chi connectivity index (χ3n) is 10.6. The van der Waals surface area contributed by atoms with Gasteiger partial charge in [0.15, 0.2) is 0 Å². The minimum absolute atomic E-state index is 0.0292. The molecule has 2 bridgehead atoms. The predicted molar refractivity (Wildman–Crippen MR) is 165 cm³/mol. The molecule has 2 atom stereocenters. The van der Waals surface area contributed by atoms with E-state index in [-0.39, 0.29) is 17.2 Å². The summed E-state index contributed by atoms with van der Waals surface area (Å²) in [6, 6.07) is 23.3. The molecule has 0 N–H and O–H groups in total. The Morgan fingerprint density at radius 1 is 0.976 bits per heavy atom. The molecule has 5 heterocycles. The number of nitrogens with zero attached hydrogens (tertiary/aromatic N) is 5.